The van der Waals surface area contributed by atoms with Crippen molar-refractivity contribution in [2.45, 2.75) is 20.3 Å². The van der Waals surface area contributed by atoms with Crippen molar-refractivity contribution < 1.29 is 14.0 Å². The van der Waals surface area contributed by atoms with Gasteiger partial charge in [0.1, 0.15) is 5.78 Å². The molecule has 0 fully saturated rings. The minimum absolute atomic E-state index is 0.160. The van der Waals surface area contributed by atoms with Crippen molar-refractivity contribution in [3.63, 3.8) is 0 Å². The number of hydrogen-bond donors (Lipinski definition) is 1. The lowest BCUT2D eigenvalue weighted by atomic mass is 10.0. The van der Waals surface area contributed by atoms with Crippen LogP contribution in [0.1, 0.15) is 30.0 Å². The molecule has 24 heavy (non-hydrogen) atoms. The zero-order chi connectivity index (χ0) is 17.4. The minimum Gasteiger partial charge on any atom is -0.459 e. The Bertz CT molecular complexity index is 807. The fraction of sp³-hybridized carbons (Fsp3) is 0.200. The SMILES string of the molecule is CC(=O)Cc1ccc2ccccc2c1.CCNC(=O)c1ccco1. The van der Waals surface area contributed by atoms with Gasteiger partial charge in [-0.1, -0.05) is 42.5 Å². The van der Waals surface area contributed by atoms with E-state index in [1.54, 1.807) is 19.1 Å². The third kappa shape index (κ3) is 5.09. The van der Waals surface area contributed by atoms with Crippen molar-refractivity contribution in [2.75, 3.05) is 6.54 Å². The van der Waals surface area contributed by atoms with Gasteiger partial charge in [0.2, 0.25) is 0 Å². The summed E-state index contributed by atoms with van der Waals surface area (Å²) in [4.78, 5) is 21.9. The molecule has 1 N–H and O–H groups in total. The van der Waals surface area contributed by atoms with Crippen LogP contribution in [0.2, 0.25) is 0 Å². The predicted molar refractivity (Wildman–Crippen MR) is 95.0 cm³/mol. The summed E-state index contributed by atoms with van der Waals surface area (Å²) in [6, 6.07) is 17.7. The lowest BCUT2D eigenvalue weighted by Crippen LogP contribution is -2.21. The first kappa shape index (κ1) is 17.5. The summed E-state index contributed by atoms with van der Waals surface area (Å²) >= 11 is 0. The van der Waals surface area contributed by atoms with Crippen LogP contribution in [-0.4, -0.2) is 18.2 Å². The van der Waals surface area contributed by atoms with Crippen LogP contribution in [-0.2, 0) is 11.2 Å². The molecule has 0 aliphatic carbocycles. The first-order valence-corrected chi connectivity index (χ1v) is 7.89. The smallest absolute Gasteiger partial charge is 0.286 e. The minimum atomic E-state index is -0.160. The second-order valence-corrected chi connectivity index (χ2v) is 5.40. The van der Waals surface area contributed by atoms with Gasteiger partial charge in [-0.25, -0.2) is 0 Å². The number of benzene rings is 2. The number of rotatable bonds is 4. The van der Waals surface area contributed by atoms with Gasteiger partial charge in [0.25, 0.3) is 5.91 Å². The highest BCUT2D eigenvalue weighted by Gasteiger charge is 2.04. The van der Waals surface area contributed by atoms with Crippen LogP contribution in [0.3, 0.4) is 0 Å². The Kier molecular flexibility index (Phi) is 6.32. The molecule has 0 saturated heterocycles. The second kappa shape index (κ2) is 8.67. The second-order valence-electron chi connectivity index (χ2n) is 5.40. The number of furan rings is 1. The Hall–Kier alpha value is -2.88. The molecule has 0 atom stereocenters. The maximum absolute atomic E-state index is 10.9. The van der Waals surface area contributed by atoms with Crippen molar-refractivity contribution in [1.29, 1.82) is 0 Å². The van der Waals surface area contributed by atoms with E-state index in [0.29, 0.717) is 18.7 Å². The molecule has 0 bridgehead atoms. The molecule has 4 nitrogen and oxygen atoms in total. The molecular weight excluding hydrogens is 302 g/mol. The van der Waals surface area contributed by atoms with Crippen molar-refractivity contribution >= 4 is 22.5 Å². The van der Waals surface area contributed by atoms with E-state index in [0.717, 1.165) is 5.56 Å². The molecule has 1 amide bonds. The van der Waals surface area contributed by atoms with Crippen LogP contribution < -0.4 is 5.32 Å². The van der Waals surface area contributed by atoms with Crippen LogP contribution in [0.15, 0.2) is 65.3 Å². The molecule has 0 radical (unpaired) electrons. The first-order chi connectivity index (χ1) is 11.6. The normalized spacial score (nSPS) is 9.92. The Morgan fingerprint density at radius 1 is 1.00 bits per heavy atom. The Balaban J connectivity index is 0.000000185. The molecule has 3 aromatic rings. The predicted octanol–water partition coefficient (Wildman–Crippen LogP) is 4.00. The summed E-state index contributed by atoms with van der Waals surface area (Å²) in [5.41, 5.74) is 1.09. The molecule has 4 heteroatoms. The van der Waals surface area contributed by atoms with Crippen molar-refractivity contribution in [1.82, 2.24) is 5.32 Å². The molecular formula is C20H21NO3. The van der Waals surface area contributed by atoms with E-state index in [2.05, 4.69) is 29.6 Å². The average Bonchev–Trinajstić information content (AvgIpc) is 3.10. The van der Waals surface area contributed by atoms with Gasteiger partial charge in [-0.3, -0.25) is 9.59 Å². The number of fused-ring (bicyclic) bond motifs is 1. The maximum Gasteiger partial charge on any atom is 0.286 e. The Morgan fingerprint density at radius 2 is 1.75 bits per heavy atom. The van der Waals surface area contributed by atoms with Crippen molar-refractivity contribution in [3.05, 3.63) is 72.2 Å². The van der Waals surface area contributed by atoms with Gasteiger partial charge in [-0.05, 0) is 42.3 Å². The lowest BCUT2D eigenvalue weighted by Gasteiger charge is -2.00. The third-order valence-electron chi connectivity index (χ3n) is 3.35. The number of ketones is 1. The maximum atomic E-state index is 10.9. The van der Waals surface area contributed by atoms with Crippen LogP contribution in [0, 0.1) is 0 Å². The van der Waals surface area contributed by atoms with Gasteiger partial charge in [0.05, 0.1) is 6.26 Å². The summed E-state index contributed by atoms with van der Waals surface area (Å²) in [5.74, 6) is 0.412. The van der Waals surface area contributed by atoms with Gasteiger partial charge < -0.3 is 9.73 Å². The van der Waals surface area contributed by atoms with Gasteiger partial charge in [0.15, 0.2) is 5.76 Å². The van der Waals surface area contributed by atoms with Crippen LogP contribution in [0.4, 0.5) is 0 Å². The van der Waals surface area contributed by atoms with Gasteiger partial charge in [-0.2, -0.15) is 0 Å². The van der Waals surface area contributed by atoms with Gasteiger partial charge in [-0.15, -0.1) is 0 Å². The third-order valence-corrected chi connectivity index (χ3v) is 3.35. The number of amides is 1. The van der Waals surface area contributed by atoms with E-state index in [1.807, 2.05) is 25.1 Å². The van der Waals surface area contributed by atoms with E-state index in [4.69, 9.17) is 4.42 Å². The summed E-state index contributed by atoms with van der Waals surface area (Å²) in [6.45, 7) is 4.11. The fourth-order valence-electron chi connectivity index (χ4n) is 2.29. The monoisotopic (exact) mass is 323 g/mol. The quantitative estimate of drug-likeness (QED) is 0.789. The number of Topliss-reactive ketones (excluding diaryl/α,β-unsaturated/α-hetero) is 1. The highest BCUT2D eigenvalue weighted by Crippen LogP contribution is 2.15. The fourth-order valence-corrected chi connectivity index (χ4v) is 2.29. The van der Waals surface area contributed by atoms with Crippen LogP contribution in [0.5, 0.6) is 0 Å². The molecule has 0 aliphatic heterocycles. The summed E-state index contributed by atoms with van der Waals surface area (Å²) in [5, 5.41) is 5.04. The number of carbonyl (C=O) groups excluding carboxylic acids is 2. The van der Waals surface area contributed by atoms with E-state index in [9.17, 15) is 9.59 Å². The first-order valence-electron chi connectivity index (χ1n) is 7.89. The number of hydrogen-bond acceptors (Lipinski definition) is 3. The zero-order valence-corrected chi connectivity index (χ0v) is 13.9. The van der Waals surface area contributed by atoms with E-state index in [1.165, 1.54) is 17.0 Å². The molecule has 124 valence electrons. The summed E-state index contributed by atoms with van der Waals surface area (Å²) in [6.07, 6.45) is 2.01. The Morgan fingerprint density at radius 3 is 2.38 bits per heavy atom. The summed E-state index contributed by atoms with van der Waals surface area (Å²) < 4.78 is 4.84. The van der Waals surface area contributed by atoms with Gasteiger partial charge in [0, 0.05) is 13.0 Å². The molecule has 2 aromatic carbocycles. The largest absolute Gasteiger partial charge is 0.459 e. The standard InChI is InChI=1S/C13H12O.C7H9NO2/c1-10(14)8-11-6-7-12-4-2-3-5-13(12)9-11;1-2-8-7(9)6-4-3-5-10-6/h2-7,9H,8H2,1H3;3-5H,2H2,1H3,(H,8,9). The molecule has 3 rings (SSSR count). The van der Waals surface area contributed by atoms with Crippen LogP contribution >= 0.6 is 0 Å². The topological polar surface area (TPSA) is 59.3 Å². The molecule has 0 aliphatic rings. The molecule has 1 heterocycles. The van der Waals surface area contributed by atoms with Crippen LogP contribution in [0.25, 0.3) is 10.8 Å². The zero-order valence-electron chi connectivity index (χ0n) is 13.9. The van der Waals surface area contributed by atoms with E-state index >= 15 is 0 Å². The van der Waals surface area contributed by atoms with Crippen molar-refractivity contribution in [3.8, 4) is 0 Å². The Labute approximate surface area is 141 Å². The summed E-state index contributed by atoms with van der Waals surface area (Å²) in [7, 11) is 0. The molecule has 0 unspecified atom stereocenters. The average molecular weight is 323 g/mol. The number of carbonyl (C=O) groups is 2. The molecule has 0 saturated carbocycles. The van der Waals surface area contributed by atoms with Crippen molar-refractivity contribution in [2.24, 2.45) is 0 Å². The highest BCUT2D eigenvalue weighted by atomic mass is 16.3. The lowest BCUT2D eigenvalue weighted by molar-refractivity contribution is -0.116. The van der Waals surface area contributed by atoms with Gasteiger partial charge >= 0.3 is 0 Å². The highest BCUT2D eigenvalue weighted by molar-refractivity contribution is 5.91. The van der Waals surface area contributed by atoms with E-state index < -0.39 is 0 Å². The molecule has 0 spiro atoms. The number of nitrogens with one attached hydrogen (secondary N) is 1. The molecule has 1 aromatic heterocycles. The van der Waals surface area contributed by atoms with E-state index in [-0.39, 0.29) is 11.7 Å².